The minimum absolute atomic E-state index is 0.115. The molecule has 0 bridgehead atoms. The quantitative estimate of drug-likeness (QED) is 0.900. The third-order valence-corrected chi connectivity index (χ3v) is 4.10. The van der Waals surface area contributed by atoms with Gasteiger partial charge in [0.2, 0.25) is 5.91 Å². The van der Waals surface area contributed by atoms with E-state index in [0.717, 1.165) is 5.56 Å². The maximum absolute atomic E-state index is 11.6. The molecule has 0 saturated heterocycles. The molecule has 1 rings (SSSR count). The van der Waals surface area contributed by atoms with Crippen molar-refractivity contribution in [3.05, 3.63) is 28.8 Å². The van der Waals surface area contributed by atoms with Gasteiger partial charge in [0.05, 0.1) is 11.8 Å². The molecule has 1 N–H and O–H groups in total. The third-order valence-electron chi connectivity index (χ3n) is 2.34. The van der Waals surface area contributed by atoms with Crippen molar-refractivity contribution in [2.45, 2.75) is 13.3 Å². The summed E-state index contributed by atoms with van der Waals surface area (Å²) < 4.78 is 23.0. The largest absolute Gasteiger partial charge is 0.325 e. The fourth-order valence-corrected chi connectivity index (χ4v) is 2.67. The summed E-state index contributed by atoms with van der Waals surface area (Å²) in [4.78, 5) is 11.6. The van der Waals surface area contributed by atoms with E-state index in [0.29, 0.717) is 10.7 Å². The molecule has 1 aromatic rings. The Morgan fingerprint density at radius 1 is 1.47 bits per heavy atom. The van der Waals surface area contributed by atoms with Crippen molar-refractivity contribution in [1.82, 2.24) is 0 Å². The lowest BCUT2D eigenvalue weighted by atomic mass is 10.2. The van der Waals surface area contributed by atoms with E-state index in [2.05, 4.69) is 5.32 Å². The summed E-state index contributed by atoms with van der Waals surface area (Å²) in [6, 6.07) is 6.62. The smallest absolute Gasteiger partial charge is 0.239 e. The first kappa shape index (κ1) is 15.5. The van der Waals surface area contributed by atoms with Gasteiger partial charge in [0.15, 0.2) is 9.84 Å². The van der Waals surface area contributed by atoms with Crippen LogP contribution in [0, 0.1) is 18.3 Å². The minimum atomic E-state index is -3.54. The predicted octanol–water partition coefficient (Wildman–Crippen LogP) is 1.92. The highest BCUT2D eigenvalue weighted by atomic mass is 35.5. The standard InChI is InChI=1S/C12H13ClN2O3S/c1-9-7-10(13)3-4-11(9)15-12(16)8-19(17,18)6-2-5-14/h3-4,7H,2,6,8H2,1H3,(H,15,16). The normalized spacial score (nSPS) is 10.8. The Labute approximate surface area is 117 Å². The van der Waals surface area contributed by atoms with Crippen LogP contribution in [0.5, 0.6) is 0 Å². The molecule has 102 valence electrons. The Balaban J connectivity index is 2.68. The highest BCUT2D eigenvalue weighted by molar-refractivity contribution is 7.92. The van der Waals surface area contributed by atoms with E-state index < -0.39 is 21.5 Å². The molecular weight excluding hydrogens is 288 g/mol. The number of rotatable bonds is 5. The average Bonchev–Trinajstić information content (AvgIpc) is 2.29. The first-order valence-electron chi connectivity index (χ1n) is 5.47. The predicted molar refractivity (Wildman–Crippen MR) is 73.7 cm³/mol. The molecule has 0 spiro atoms. The monoisotopic (exact) mass is 300 g/mol. The number of hydrogen-bond donors (Lipinski definition) is 1. The van der Waals surface area contributed by atoms with Crippen molar-refractivity contribution in [2.24, 2.45) is 0 Å². The van der Waals surface area contributed by atoms with Gasteiger partial charge in [-0.2, -0.15) is 5.26 Å². The fourth-order valence-electron chi connectivity index (χ4n) is 1.43. The molecule has 0 radical (unpaired) electrons. The van der Waals surface area contributed by atoms with Crippen LogP contribution in [0.4, 0.5) is 5.69 Å². The van der Waals surface area contributed by atoms with E-state index in [9.17, 15) is 13.2 Å². The second kappa shape index (κ2) is 6.55. The number of sulfone groups is 1. The molecule has 0 aromatic heterocycles. The van der Waals surface area contributed by atoms with Crippen molar-refractivity contribution in [3.8, 4) is 6.07 Å². The summed E-state index contributed by atoms with van der Waals surface area (Å²) in [5.41, 5.74) is 1.26. The lowest BCUT2D eigenvalue weighted by molar-refractivity contribution is -0.113. The summed E-state index contributed by atoms with van der Waals surface area (Å²) in [7, 11) is -3.54. The highest BCUT2D eigenvalue weighted by Crippen LogP contribution is 2.19. The van der Waals surface area contributed by atoms with Crippen LogP contribution in [0.15, 0.2) is 18.2 Å². The summed E-state index contributed by atoms with van der Waals surface area (Å²) in [6.07, 6.45) is -0.115. The second-order valence-electron chi connectivity index (χ2n) is 4.01. The SMILES string of the molecule is Cc1cc(Cl)ccc1NC(=O)CS(=O)(=O)CCC#N. The first-order chi connectivity index (χ1) is 8.84. The number of carbonyl (C=O) groups excluding carboxylic acids is 1. The molecule has 1 aromatic carbocycles. The van der Waals surface area contributed by atoms with Gasteiger partial charge in [-0.25, -0.2) is 8.42 Å². The zero-order valence-electron chi connectivity index (χ0n) is 10.3. The van der Waals surface area contributed by atoms with Crippen LogP contribution in [-0.2, 0) is 14.6 Å². The van der Waals surface area contributed by atoms with Gasteiger partial charge in [-0.1, -0.05) is 11.6 Å². The maximum Gasteiger partial charge on any atom is 0.239 e. The minimum Gasteiger partial charge on any atom is -0.325 e. The van der Waals surface area contributed by atoms with E-state index in [4.69, 9.17) is 16.9 Å². The Bertz CT molecular complexity index is 620. The molecule has 7 heteroatoms. The van der Waals surface area contributed by atoms with Crippen molar-refractivity contribution in [2.75, 3.05) is 16.8 Å². The molecule has 0 aliphatic rings. The maximum atomic E-state index is 11.6. The fraction of sp³-hybridized carbons (Fsp3) is 0.333. The third kappa shape index (κ3) is 5.28. The van der Waals surface area contributed by atoms with Crippen molar-refractivity contribution in [3.63, 3.8) is 0 Å². The Hall–Kier alpha value is -1.58. The first-order valence-corrected chi connectivity index (χ1v) is 7.67. The zero-order valence-corrected chi connectivity index (χ0v) is 11.9. The molecule has 0 aliphatic carbocycles. The molecule has 0 fully saturated rings. The Kier molecular flexibility index (Phi) is 5.33. The molecule has 0 aliphatic heterocycles. The summed E-state index contributed by atoms with van der Waals surface area (Å²) in [6.45, 7) is 1.76. The van der Waals surface area contributed by atoms with Gasteiger partial charge in [0.1, 0.15) is 5.75 Å². The van der Waals surface area contributed by atoms with Crippen LogP contribution in [-0.4, -0.2) is 25.8 Å². The molecule has 19 heavy (non-hydrogen) atoms. The number of benzene rings is 1. The summed E-state index contributed by atoms with van der Waals surface area (Å²) in [5, 5.41) is 11.4. The van der Waals surface area contributed by atoms with Gasteiger partial charge in [-0.15, -0.1) is 0 Å². The number of amides is 1. The topological polar surface area (TPSA) is 87.0 Å². The van der Waals surface area contributed by atoms with E-state index in [1.807, 2.05) is 0 Å². The van der Waals surface area contributed by atoms with Gasteiger partial charge < -0.3 is 5.32 Å². The zero-order chi connectivity index (χ0) is 14.5. The molecule has 0 saturated carbocycles. The van der Waals surface area contributed by atoms with Crippen molar-refractivity contribution >= 4 is 33.0 Å². The molecular formula is C12H13ClN2O3S. The number of aryl methyl sites for hydroxylation is 1. The van der Waals surface area contributed by atoms with Gasteiger partial charge >= 0.3 is 0 Å². The van der Waals surface area contributed by atoms with Crippen LogP contribution in [0.25, 0.3) is 0 Å². The van der Waals surface area contributed by atoms with E-state index in [1.165, 1.54) is 0 Å². The van der Waals surface area contributed by atoms with Gasteiger partial charge in [0.25, 0.3) is 0 Å². The molecule has 0 atom stereocenters. The number of carbonyl (C=O) groups is 1. The highest BCUT2D eigenvalue weighted by Gasteiger charge is 2.16. The van der Waals surface area contributed by atoms with Crippen molar-refractivity contribution in [1.29, 1.82) is 5.26 Å². The van der Waals surface area contributed by atoms with Crippen LogP contribution in [0.3, 0.4) is 0 Å². The van der Waals surface area contributed by atoms with E-state index >= 15 is 0 Å². The summed E-state index contributed by atoms with van der Waals surface area (Å²) >= 11 is 5.78. The lowest BCUT2D eigenvalue weighted by Gasteiger charge is -2.08. The van der Waals surface area contributed by atoms with Crippen LogP contribution >= 0.6 is 11.6 Å². The van der Waals surface area contributed by atoms with E-state index in [1.54, 1.807) is 31.2 Å². The summed E-state index contributed by atoms with van der Waals surface area (Å²) in [5.74, 6) is -1.56. The number of nitriles is 1. The molecule has 5 nitrogen and oxygen atoms in total. The number of nitrogens with one attached hydrogen (secondary N) is 1. The van der Waals surface area contributed by atoms with E-state index in [-0.39, 0.29) is 12.2 Å². The van der Waals surface area contributed by atoms with Crippen molar-refractivity contribution < 1.29 is 13.2 Å². The molecule has 0 heterocycles. The average molecular weight is 301 g/mol. The van der Waals surface area contributed by atoms with Crippen LogP contribution in [0.1, 0.15) is 12.0 Å². The number of anilines is 1. The Morgan fingerprint density at radius 2 is 2.16 bits per heavy atom. The van der Waals surface area contributed by atoms with Gasteiger partial charge in [-0.3, -0.25) is 4.79 Å². The number of hydrogen-bond acceptors (Lipinski definition) is 4. The lowest BCUT2D eigenvalue weighted by Crippen LogP contribution is -2.24. The molecule has 0 unspecified atom stereocenters. The van der Waals surface area contributed by atoms with Crippen LogP contribution in [0.2, 0.25) is 5.02 Å². The van der Waals surface area contributed by atoms with Gasteiger partial charge in [-0.05, 0) is 30.7 Å². The Morgan fingerprint density at radius 3 is 2.74 bits per heavy atom. The second-order valence-corrected chi connectivity index (χ2v) is 6.63. The number of halogens is 1. The van der Waals surface area contributed by atoms with Crippen LogP contribution < -0.4 is 5.32 Å². The molecule has 1 amide bonds. The van der Waals surface area contributed by atoms with Gasteiger partial charge in [0, 0.05) is 17.1 Å². The number of nitrogens with zero attached hydrogens (tertiary/aromatic N) is 1.